The first kappa shape index (κ1) is 20.5. The fourth-order valence-corrected chi connectivity index (χ4v) is 2.88. The molecule has 0 aliphatic carbocycles. The third kappa shape index (κ3) is 6.47. The van der Waals surface area contributed by atoms with E-state index in [2.05, 4.69) is 15.4 Å². The standard InChI is InChI=1S/C19H27N3O5/c1-3-27-19(25)22-12-9-16(10-13-22)21-17(23)8-11-20-15-6-4-14(5-7-15)18(24)26-2/h4-7,16,20H,3,8-13H2,1-2H3,(H,21,23). The molecule has 8 heteroatoms. The maximum Gasteiger partial charge on any atom is 0.409 e. The summed E-state index contributed by atoms with van der Waals surface area (Å²) in [5.41, 5.74) is 1.31. The van der Waals surface area contributed by atoms with Gasteiger partial charge >= 0.3 is 12.1 Å². The van der Waals surface area contributed by atoms with Gasteiger partial charge in [-0.15, -0.1) is 0 Å². The smallest absolute Gasteiger partial charge is 0.409 e. The van der Waals surface area contributed by atoms with Crippen molar-refractivity contribution >= 4 is 23.7 Å². The van der Waals surface area contributed by atoms with Crippen molar-refractivity contribution in [2.24, 2.45) is 0 Å². The number of methoxy groups -OCH3 is 1. The van der Waals surface area contributed by atoms with Crippen molar-refractivity contribution in [2.75, 3.05) is 38.7 Å². The minimum atomic E-state index is -0.380. The van der Waals surface area contributed by atoms with Gasteiger partial charge in [0.25, 0.3) is 0 Å². The molecule has 0 radical (unpaired) electrons. The van der Waals surface area contributed by atoms with Crippen LogP contribution in [0.25, 0.3) is 0 Å². The Kier molecular flexibility index (Phi) is 7.91. The first-order valence-corrected chi connectivity index (χ1v) is 9.16. The molecule has 27 heavy (non-hydrogen) atoms. The summed E-state index contributed by atoms with van der Waals surface area (Å²) in [4.78, 5) is 36.8. The second-order valence-electron chi connectivity index (χ2n) is 6.27. The monoisotopic (exact) mass is 377 g/mol. The molecule has 0 saturated carbocycles. The lowest BCUT2D eigenvalue weighted by molar-refractivity contribution is -0.121. The summed E-state index contributed by atoms with van der Waals surface area (Å²) in [5, 5.41) is 6.16. The first-order chi connectivity index (χ1) is 13.0. The number of ether oxygens (including phenoxy) is 2. The van der Waals surface area contributed by atoms with Gasteiger partial charge in [-0.25, -0.2) is 9.59 Å². The van der Waals surface area contributed by atoms with Gasteiger partial charge in [0.2, 0.25) is 5.91 Å². The maximum atomic E-state index is 12.1. The second-order valence-corrected chi connectivity index (χ2v) is 6.27. The molecule has 8 nitrogen and oxygen atoms in total. The molecule has 0 unspecified atom stereocenters. The number of hydrogen-bond acceptors (Lipinski definition) is 6. The molecule has 1 aromatic carbocycles. The first-order valence-electron chi connectivity index (χ1n) is 9.16. The van der Waals surface area contributed by atoms with Crippen molar-refractivity contribution in [1.29, 1.82) is 0 Å². The van der Waals surface area contributed by atoms with Crippen LogP contribution in [0.2, 0.25) is 0 Å². The van der Waals surface area contributed by atoms with Crippen LogP contribution in [0.15, 0.2) is 24.3 Å². The highest BCUT2D eigenvalue weighted by atomic mass is 16.6. The van der Waals surface area contributed by atoms with E-state index in [4.69, 9.17) is 4.74 Å². The number of anilines is 1. The van der Waals surface area contributed by atoms with Crippen molar-refractivity contribution in [3.63, 3.8) is 0 Å². The molecule has 1 fully saturated rings. The van der Waals surface area contributed by atoms with E-state index in [1.165, 1.54) is 7.11 Å². The van der Waals surface area contributed by atoms with E-state index in [-0.39, 0.29) is 24.0 Å². The Morgan fingerprint density at radius 2 is 1.81 bits per heavy atom. The van der Waals surface area contributed by atoms with E-state index in [1.807, 2.05) is 0 Å². The average molecular weight is 377 g/mol. The largest absolute Gasteiger partial charge is 0.465 e. The number of rotatable bonds is 7. The van der Waals surface area contributed by atoms with E-state index in [9.17, 15) is 14.4 Å². The van der Waals surface area contributed by atoms with Crippen LogP contribution in [0.5, 0.6) is 0 Å². The zero-order valence-electron chi connectivity index (χ0n) is 15.8. The van der Waals surface area contributed by atoms with E-state index in [0.717, 1.165) is 18.5 Å². The molecule has 1 aromatic rings. The molecule has 1 saturated heterocycles. The summed E-state index contributed by atoms with van der Waals surface area (Å²) in [6.45, 7) is 3.83. The van der Waals surface area contributed by atoms with E-state index < -0.39 is 0 Å². The van der Waals surface area contributed by atoms with Crippen LogP contribution in [0.4, 0.5) is 10.5 Å². The molecule has 2 N–H and O–H groups in total. The SMILES string of the molecule is CCOC(=O)N1CCC(NC(=O)CCNc2ccc(C(=O)OC)cc2)CC1. The molecule has 0 spiro atoms. The number of piperidine rings is 1. The highest BCUT2D eigenvalue weighted by Crippen LogP contribution is 2.12. The Bertz CT molecular complexity index is 639. The minimum absolute atomic E-state index is 0.0248. The number of esters is 1. The Balaban J connectivity index is 1.65. The molecule has 0 bridgehead atoms. The summed E-state index contributed by atoms with van der Waals surface area (Å²) < 4.78 is 9.64. The van der Waals surface area contributed by atoms with Gasteiger partial charge in [-0.05, 0) is 44.0 Å². The van der Waals surface area contributed by atoms with Crippen LogP contribution in [-0.2, 0) is 14.3 Å². The van der Waals surface area contributed by atoms with Crippen molar-refractivity contribution in [2.45, 2.75) is 32.2 Å². The fraction of sp³-hybridized carbons (Fsp3) is 0.526. The number of carbonyl (C=O) groups is 3. The molecule has 2 rings (SSSR count). The Morgan fingerprint density at radius 1 is 1.15 bits per heavy atom. The number of carbonyl (C=O) groups excluding carboxylic acids is 3. The van der Waals surface area contributed by atoms with E-state index >= 15 is 0 Å². The van der Waals surface area contributed by atoms with Crippen LogP contribution < -0.4 is 10.6 Å². The molecule has 0 atom stereocenters. The third-order valence-electron chi connectivity index (χ3n) is 4.37. The highest BCUT2D eigenvalue weighted by Gasteiger charge is 2.24. The predicted octanol–water partition coefficient (Wildman–Crippen LogP) is 2.01. The Hall–Kier alpha value is -2.77. The summed E-state index contributed by atoms with van der Waals surface area (Å²) in [6.07, 6.45) is 1.52. The van der Waals surface area contributed by atoms with Crippen LogP contribution >= 0.6 is 0 Å². The lowest BCUT2D eigenvalue weighted by atomic mass is 10.1. The lowest BCUT2D eigenvalue weighted by Gasteiger charge is -2.31. The average Bonchev–Trinajstić information content (AvgIpc) is 2.68. The van der Waals surface area contributed by atoms with Gasteiger partial charge in [0, 0.05) is 37.8 Å². The lowest BCUT2D eigenvalue weighted by Crippen LogP contribution is -2.46. The zero-order valence-corrected chi connectivity index (χ0v) is 15.8. The van der Waals surface area contributed by atoms with Gasteiger partial charge in [-0.1, -0.05) is 0 Å². The topological polar surface area (TPSA) is 97.0 Å². The highest BCUT2D eigenvalue weighted by molar-refractivity contribution is 5.89. The van der Waals surface area contributed by atoms with Crippen LogP contribution in [-0.4, -0.2) is 62.3 Å². The van der Waals surface area contributed by atoms with Crippen LogP contribution in [0, 0.1) is 0 Å². The molecule has 1 heterocycles. The molecule has 1 aliphatic heterocycles. The Morgan fingerprint density at radius 3 is 2.41 bits per heavy atom. The molecular formula is C19H27N3O5. The number of nitrogens with one attached hydrogen (secondary N) is 2. The minimum Gasteiger partial charge on any atom is -0.465 e. The number of likely N-dealkylation sites (tertiary alicyclic amines) is 1. The van der Waals surface area contributed by atoms with Gasteiger partial charge in [0.1, 0.15) is 0 Å². The van der Waals surface area contributed by atoms with Gasteiger partial charge in [-0.2, -0.15) is 0 Å². The summed E-state index contributed by atoms with van der Waals surface area (Å²) in [6, 6.07) is 6.98. The van der Waals surface area contributed by atoms with Crippen molar-refractivity contribution in [1.82, 2.24) is 10.2 Å². The summed E-state index contributed by atoms with van der Waals surface area (Å²) in [5.74, 6) is -0.404. The van der Waals surface area contributed by atoms with Crippen molar-refractivity contribution < 1.29 is 23.9 Å². The predicted molar refractivity (Wildman–Crippen MR) is 101 cm³/mol. The third-order valence-corrected chi connectivity index (χ3v) is 4.37. The zero-order chi connectivity index (χ0) is 19.6. The number of amides is 2. The summed E-state index contributed by atoms with van der Waals surface area (Å²) >= 11 is 0. The normalized spacial score (nSPS) is 14.4. The van der Waals surface area contributed by atoms with E-state index in [1.54, 1.807) is 36.1 Å². The van der Waals surface area contributed by atoms with Gasteiger partial charge in [0.05, 0.1) is 19.3 Å². The van der Waals surface area contributed by atoms with E-state index in [0.29, 0.717) is 38.2 Å². The number of nitrogens with zero attached hydrogens (tertiary/aromatic N) is 1. The molecular weight excluding hydrogens is 350 g/mol. The number of hydrogen-bond donors (Lipinski definition) is 2. The van der Waals surface area contributed by atoms with Crippen molar-refractivity contribution in [3.05, 3.63) is 29.8 Å². The summed E-state index contributed by atoms with van der Waals surface area (Å²) in [7, 11) is 1.34. The van der Waals surface area contributed by atoms with Crippen molar-refractivity contribution in [3.8, 4) is 0 Å². The number of benzene rings is 1. The molecule has 1 aliphatic rings. The van der Waals surface area contributed by atoms with Crippen LogP contribution in [0.1, 0.15) is 36.5 Å². The molecule has 0 aromatic heterocycles. The maximum absolute atomic E-state index is 12.1. The molecule has 148 valence electrons. The fourth-order valence-electron chi connectivity index (χ4n) is 2.88. The van der Waals surface area contributed by atoms with Gasteiger partial charge in [0.15, 0.2) is 0 Å². The van der Waals surface area contributed by atoms with Gasteiger partial charge in [-0.3, -0.25) is 4.79 Å². The second kappa shape index (κ2) is 10.4. The molecule has 2 amide bonds. The quantitative estimate of drug-likeness (QED) is 0.706. The van der Waals surface area contributed by atoms with Crippen LogP contribution in [0.3, 0.4) is 0 Å². The Labute approximate surface area is 159 Å². The van der Waals surface area contributed by atoms with Gasteiger partial charge < -0.3 is 25.0 Å².